The quantitative estimate of drug-likeness (QED) is 0.0635. The molecular formula is C50H43N7O9. The lowest BCUT2D eigenvalue weighted by Gasteiger charge is -2.12. The van der Waals surface area contributed by atoms with Crippen molar-refractivity contribution in [1.29, 1.82) is 0 Å². The summed E-state index contributed by atoms with van der Waals surface area (Å²) in [5.74, 6) is 1.19. The van der Waals surface area contributed by atoms with Gasteiger partial charge < -0.3 is 48.7 Å². The van der Waals surface area contributed by atoms with Crippen LogP contribution in [0.5, 0.6) is 11.5 Å². The molecule has 332 valence electrons. The molecule has 10 rings (SSSR count). The number of nitrogens with one attached hydrogen (secondary N) is 5. The number of aromatic hydroxyl groups is 2. The van der Waals surface area contributed by atoms with E-state index in [0.29, 0.717) is 77.8 Å². The van der Waals surface area contributed by atoms with Gasteiger partial charge in [0.1, 0.15) is 34.2 Å². The van der Waals surface area contributed by atoms with Crippen molar-refractivity contribution in [1.82, 2.24) is 20.3 Å². The molecule has 0 unspecified atom stereocenters. The Balaban J connectivity index is 0.966. The van der Waals surface area contributed by atoms with E-state index in [-0.39, 0.29) is 57.5 Å². The van der Waals surface area contributed by atoms with Crippen molar-refractivity contribution < 1.29 is 42.5 Å². The maximum Gasteiger partial charge on any atom is 0.324 e. The summed E-state index contributed by atoms with van der Waals surface area (Å²) in [7, 11) is 0. The zero-order valence-electron chi connectivity index (χ0n) is 36.6. The Labute approximate surface area is 374 Å². The fourth-order valence-corrected chi connectivity index (χ4v) is 7.92. The van der Waals surface area contributed by atoms with Crippen LogP contribution in [0, 0.1) is 0 Å². The summed E-state index contributed by atoms with van der Waals surface area (Å²) in [4.78, 5) is 48.5. The molecule has 0 saturated heterocycles. The lowest BCUT2D eigenvalue weighted by Crippen LogP contribution is -2.19. The highest BCUT2D eigenvalue weighted by molar-refractivity contribution is 6.14. The molecule has 4 aromatic carbocycles. The number of aromatic amines is 2. The number of hydrogen-bond acceptors (Lipinski definition) is 12. The van der Waals surface area contributed by atoms with Crippen molar-refractivity contribution in [3.05, 3.63) is 143 Å². The topological polar surface area (TPSA) is 238 Å². The van der Waals surface area contributed by atoms with Gasteiger partial charge >= 0.3 is 6.03 Å². The third kappa shape index (κ3) is 7.78. The van der Waals surface area contributed by atoms with E-state index < -0.39 is 17.6 Å². The number of phenolic OH excluding ortho intramolecular Hbond substituents is 2. The normalized spacial score (nSPS) is 12.2. The van der Waals surface area contributed by atoms with Crippen molar-refractivity contribution in [2.75, 3.05) is 16.0 Å². The number of nitrogens with zero attached hydrogens (tertiary/aromatic N) is 2. The minimum Gasteiger partial charge on any atom is -0.508 e. The zero-order valence-corrected chi connectivity index (χ0v) is 36.6. The summed E-state index contributed by atoms with van der Waals surface area (Å²) >= 11 is 0. The highest BCUT2D eigenvalue weighted by Gasteiger charge is 2.29. The molecule has 0 fully saturated rings. The Morgan fingerprint density at radius 2 is 1.06 bits per heavy atom. The first kappa shape index (κ1) is 41.5. The Morgan fingerprint density at radius 1 is 0.576 bits per heavy atom. The molecule has 0 aliphatic rings. The van der Waals surface area contributed by atoms with E-state index in [9.17, 15) is 24.6 Å². The molecule has 16 nitrogen and oxygen atoms in total. The number of urea groups is 1. The minimum absolute atomic E-state index is 0.00290. The first-order chi connectivity index (χ1) is 31.4. The number of carbonyl (C=O) groups is 3. The standard InChI is InChI=1S/C50H43N7O9/c1-49(2,3)40-22-42(56-65-40)51-26-7-13-36-24(15-26)17-38(63-36)46(60)44-32(30-19-28(58)9-11-34(30)53-44)21-33-31-20-29(59)10-12-35(31)54-45(33)47(61)39-18-25-16-27(8-14-37(25)64-39)52-48(62)55-43-23-41(66-57-43)50(4,5)6/h7-20,22-23,53-54,58-59H,21H2,1-6H3,(H,51,56)(H2,52,55,57,62). The molecular weight excluding hydrogens is 843 g/mol. The summed E-state index contributed by atoms with van der Waals surface area (Å²) in [6.07, 6.45) is 0.00375. The molecule has 0 radical (unpaired) electrons. The molecule has 0 bridgehead atoms. The number of benzene rings is 4. The second kappa shape index (κ2) is 15.3. The number of ketones is 2. The number of hydrogen-bond donors (Lipinski definition) is 7. The Bertz CT molecular complexity index is 3560. The summed E-state index contributed by atoms with van der Waals surface area (Å²) in [5, 5.41) is 40.4. The molecule has 66 heavy (non-hydrogen) atoms. The van der Waals surface area contributed by atoms with Gasteiger partial charge in [0.2, 0.25) is 11.6 Å². The maximum atomic E-state index is 14.6. The maximum absolute atomic E-state index is 14.6. The van der Waals surface area contributed by atoms with E-state index in [0.717, 1.165) is 5.76 Å². The van der Waals surface area contributed by atoms with E-state index in [2.05, 4.69) is 36.2 Å². The van der Waals surface area contributed by atoms with Crippen molar-refractivity contribution in [2.24, 2.45) is 0 Å². The average molecular weight is 886 g/mol. The van der Waals surface area contributed by atoms with Gasteiger partial charge in [-0.3, -0.25) is 14.9 Å². The number of amides is 2. The molecule has 7 N–H and O–H groups in total. The number of furan rings is 2. The van der Waals surface area contributed by atoms with Gasteiger partial charge in [0, 0.05) is 73.3 Å². The van der Waals surface area contributed by atoms with Gasteiger partial charge in [-0.05, 0) is 96.1 Å². The number of carbonyl (C=O) groups excluding carboxylic acids is 3. The molecule has 0 saturated carbocycles. The smallest absolute Gasteiger partial charge is 0.324 e. The first-order valence-electron chi connectivity index (χ1n) is 21.1. The monoisotopic (exact) mass is 885 g/mol. The third-order valence-corrected chi connectivity index (χ3v) is 11.3. The van der Waals surface area contributed by atoms with Gasteiger partial charge in [0.25, 0.3) is 0 Å². The van der Waals surface area contributed by atoms with Crippen LogP contribution in [-0.2, 0) is 17.3 Å². The first-order valence-corrected chi connectivity index (χ1v) is 21.1. The van der Waals surface area contributed by atoms with Crippen LogP contribution in [0.1, 0.15) is 96.7 Å². The minimum atomic E-state index is -0.544. The van der Waals surface area contributed by atoms with Gasteiger partial charge in [-0.2, -0.15) is 0 Å². The second-order valence-corrected chi connectivity index (χ2v) is 18.3. The van der Waals surface area contributed by atoms with Crippen LogP contribution in [0.2, 0.25) is 0 Å². The second-order valence-electron chi connectivity index (χ2n) is 18.3. The predicted octanol–water partition coefficient (Wildman–Crippen LogP) is 11.6. The summed E-state index contributed by atoms with van der Waals surface area (Å²) in [5.41, 5.74) is 3.92. The highest BCUT2D eigenvalue weighted by Crippen LogP contribution is 2.37. The number of H-pyrrole nitrogens is 2. The summed E-state index contributed by atoms with van der Waals surface area (Å²) in [6.45, 7) is 12.0. The van der Waals surface area contributed by atoms with Crippen molar-refractivity contribution in [2.45, 2.75) is 58.8 Å². The van der Waals surface area contributed by atoms with Crippen molar-refractivity contribution >= 4 is 84.4 Å². The number of fused-ring (bicyclic) bond motifs is 4. The van der Waals surface area contributed by atoms with Crippen LogP contribution in [0.4, 0.5) is 27.8 Å². The van der Waals surface area contributed by atoms with Crippen molar-refractivity contribution in [3.63, 3.8) is 0 Å². The number of aromatic nitrogens is 4. The largest absolute Gasteiger partial charge is 0.508 e. The van der Waals surface area contributed by atoms with E-state index in [1.165, 1.54) is 12.1 Å². The molecule has 0 atom stereocenters. The lowest BCUT2D eigenvalue weighted by atomic mass is 9.93. The van der Waals surface area contributed by atoms with E-state index in [4.69, 9.17) is 17.9 Å². The van der Waals surface area contributed by atoms with Crippen LogP contribution in [-0.4, -0.2) is 48.1 Å². The van der Waals surface area contributed by atoms with E-state index >= 15 is 0 Å². The number of rotatable bonds is 10. The van der Waals surface area contributed by atoms with Gasteiger partial charge in [0.15, 0.2) is 23.2 Å². The fourth-order valence-electron chi connectivity index (χ4n) is 7.92. The molecule has 10 aromatic rings. The summed E-state index contributed by atoms with van der Waals surface area (Å²) in [6, 6.07) is 26.0. The molecule has 16 heteroatoms. The van der Waals surface area contributed by atoms with Gasteiger partial charge in [-0.15, -0.1) is 0 Å². The average Bonchev–Trinajstić information content (AvgIpc) is 4.13. The Morgan fingerprint density at radius 3 is 1.58 bits per heavy atom. The molecule has 6 heterocycles. The van der Waals surface area contributed by atoms with Crippen LogP contribution < -0.4 is 16.0 Å². The van der Waals surface area contributed by atoms with Crippen LogP contribution in [0.15, 0.2) is 115 Å². The van der Waals surface area contributed by atoms with E-state index in [1.54, 1.807) is 66.7 Å². The van der Waals surface area contributed by atoms with Gasteiger partial charge in [-0.1, -0.05) is 51.9 Å². The lowest BCUT2D eigenvalue weighted by molar-refractivity contribution is 0.100. The van der Waals surface area contributed by atoms with Crippen LogP contribution in [0.3, 0.4) is 0 Å². The SMILES string of the molecule is CC(C)(C)c1cc(NC(=O)Nc2ccc3oc(C(=O)c4[nH]c5ccc(O)cc5c4Cc4c(C(=O)c5cc6cc(Nc7cc(C(C)(C)C)on7)ccc6o5)[nH]c5ccc(O)cc45)cc3c2)no1. The fraction of sp³-hybridized carbons (Fsp3) is 0.180. The predicted molar refractivity (Wildman–Crippen MR) is 248 cm³/mol. The third-order valence-electron chi connectivity index (χ3n) is 11.3. The zero-order chi connectivity index (χ0) is 46.2. The molecule has 0 aliphatic heterocycles. The van der Waals surface area contributed by atoms with Crippen LogP contribution >= 0.6 is 0 Å². The van der Waals surface area contributed by atoms with Gasteiger partial charge in [-0.25, -0.2) is 4.79 Å². The number of phenols is 2. The van der Waals surface area contributed by atoms with Crippen molar-refractivity contribution in [3.8, 4) is 11.5 Å². The molecule has 6 aromatic heterocycles. The number of anilines is 4. The van der Waals surface area contributed by atoms with Gasteiger partial charge in [0.05, 0.1) is 11.4 Å². The van der Waals surface area contributed by atoms with Crippen LogP contribution in [0.25, 0.3) is 43.7 Å². The molecule has 0 spiro atoms. The summed E-state index contributed by atoms with van der Waals surface area (Å²) < 4.78 is 23.1. The molecule has 0 aliphatic carbocycles. The highest BCUT2D eigenvalue weighted by atomic mass is 16.5. The van der Waals surface area contributed by atoms with E-state index in [1.807, 2.05) is 59.7 Å². The molecule has 2 amide bonds. The Hall–Kier alpha value is -8.53. The Kier molecular flexibility index (Phi) is 9.63.